The zero-order valence-electron chi connectivity index (χ0n) is 12.6. The van der Waals surface area contributed by atoms with Crippen LogP contribution < -0.4 is 0 Å². The third-order valence-electron chi connectivity index (χ3n) is 0. The Bertz CT molecular complexity index is 310. The largest absolute Gasteiger partial charge is 2.00 e. The van der Waals surface area contributed by atoms with E-state index in [0.717, 1.165) is 0 Å². The van der Waals surface area contributed by atoms with Gasteiger partial charge in [0.2, 0.25) is 0 Å². The average molecular weight is 428 g/mol. The van der Waals surface area contributed by atoms with Crippen LogP contribution in [0.5, 0.6) is 0 Å². The Hall–Kier alpha value is 2.74. The van der Waals surface area contributed by atoms with Crippen molar-refractivity contribution in [1.29, 1.82) is 0 Å². The summed E-state index contributed by atoms with van der Waals surface area (Å²) < 4.78 is 49.3. The summed E-state index contributed by atoms with van der Waals surface area (Å²) in [6.07, 6.45) is 0. The fourth-order valence-electron chi connectivity index (χ4n) is 0. The SMILES string of the molecule is O=P(O)(O)O.O=P(O)(O)O.O=S(=O)(O)O.[Ca+2].[H-].[H-].[H-].[H-].[Mg+2].[Zn]. The first-order valence-electron chi connectivity index (χ1n) is 2.26. The van der Waals surface area contributed by atoms with Crippen LogP contribution in [0.25, 0.3) is 0 Å². The van der Waals surface area contributed by atoms with Crippen molar-refractivity contribution in [3.8, 4) is 0 Å². The molecule has 0 radical (unpaired) electrons. The molecule has 0 fully saturated rings. The Kier molecular flexibility index (Phi) is 33.3. The molecule has 0 aliphatic carbocycles. The summed E-state index contributed by atoms with van der Waals surface area (Å²) in [5.41, 5.74) is 0. The summed E-state index contributed by atoms with van der Waals surface area (Å²) in [7, 11) is -13.9. The number of hydrogen-bond donors (Lipinski definition) is 8. The fourth-order valence-corrected chi connectivity index (χ4v) is 0. The maximum Gasteiger partial charge on any atom is 2.00 e. The van der Waals surface area contributed by atoms with Gasteiger partial charge in [0.1, 0.15) is 0 Å². The van der Waals surface area contributed by atoms with E-state index in [-0.39, 0.29) is 86.0 Å². The third kappa shape index (κ3) is 786. The molecular formula is H12CaMgO12P2SZn. The van der Waals surface area contributed by atoms with Gasteiger partial charge < -0.3 is 35.1 Å². The quantitative estimate of drug-likeness (QED) is 0.111. The number of hydrogen-bond acceptors (Lipinski definition) is 4. The van der Waals surface area contributed by atoms with Gasteiger partial charge in [0.05, 0.1) is 0 Å². The molecule has 0 heterocycles. The van der Waals surface area contributed by atoms with Crippen LogP contribution >= 0.6 is 15.6 Å². The van der Waals surface area contributed by atoms with Gasteiger partial charge in [0.25, 0.3) is 0 Å². The van der Waals surface area contributed by atoms with Crippen LogP contribution in [-0.4, -0.2) is 108 Å². The van der Waals surface area contributed by atoms with Crippen molar-refractivity contribution in [2.45, 2.75) is 0 Å². The van der Waals surface area contributed by atoms with Crippen molar-refractivity contribution in [3.05, 3.63) is 0 Å². The molecule has 0 spiro atoms. The average Bonchev–Trinajstić information content (AvgIpc) is 1.41. The van der Waals surface area contributed by atoms with E-state index in [4.69, 9.17) is 56.0 Å². The Morgan fingerprint density at radius 1 is 0.778 bits per heavy atom. The van der Waals surface area contributed by atoms with Crippen LogP contribution in [0.15, 0.2) is 0 Å². The molecule has 0 aliphatic rings. The molecule has 0 aromatic carbocycles. The molecule has 0 saturated heterocycles. The van der Waals surface area contributed by atoms with E-state index in [9.17, 15) is 0 Å². The molecule has 0 bridgehead atoms. The Balaban J connectivity index is -0.0000000106. The first-order valence-corrected chi connectivity index (χ1v) is 6.79. The summed E-state index contributed by atoms with van der Waals surface area (Å²) in [5.74, 6) is 0. The van der Waals surface area contributed by atoms with Crippen LogP contribution in [0.3, 0.4) is 0 Å². The Labute approximate surface area is 166 Å². The summed E-state index contributed by atoms with van der Waals surface area (Å²) >= 11 is 0. The third-order valence-corrected chi connectivity index (χ3v) is 0. The summed E-state index contributed by atoms with van der Waals surface area (Å²) in [6.45, 7) is 0. The van der Waals surface area contributed by atoms with Gasteiger partial charge in [0.15, 0.2) is 0 Å². The molecule has 0 aromatic rings. The monoisotopic (exact) mass is 426 g/mol. The summed E-state index contributed by atoms with van der Waals surface area (Å²) in [6, 6.07) is 0. The number of phosphoric acid groups is 2. The molecule has 8 N–H and O–H groups in total. The van der Waals surface area contributed by atoms with E-state index >= 15 is 0 Å². The van der Waals surface area contributed by atoms with Crippen molar-refractivity contribution in [2.75, 3.05) is 0 Å². The van der Waals surface area contributed by atoms with Gasteiger partial charge in [-0.05, 0) is 0 Å². The Morgan fingerprint density at radius 2 is 0.778 bits per heavy atom. The molecule has 0 unspecified atom stereocenters. The van der Waals surface area contributed by atoms with Crippen LogP contribution in [0.1, 0.15) is 5.71 Å². The zero-order chi connectivity index (χ0) is 13.5. The minimum absolute atomic E-state index is 0. The zero-order valence-corrected chi connectivity index (χ0v) is 17.8. The van der Waals surface area contributed by atoms with E-state index in [1.165, 1.54) is 0 Å². The second-order valence-corrected chi connectivity index (χ2v) is 4.42. The summed E-state index contributed by atoms with van der Waals surface area (Å²) in [4.78, 5) is 43.1. The van der Waals surface area contributed by atoms with Gasteiger partial charge in [-0.1, -0.05) is 0 Å². The molecule has 0 aromatic heterocycles. The van der Waals surface area contributed by atoms with Crippen molar-refractivity contribution < 1.29 is 81.2 Å². The molecule has 0 atom stereocenters. The molecular weight excluding hydrogens is 416 g/mol. The molecule has 18 heavy (non-hydrogen) atoms. The van der Waals surface area contributed by atoms with E-state index in [2.05, 4.69) is 0 Å². The normalized spacial score (nSPS) is 9.78. The fraction of sp³-hybridized carbons (Fsp3) is 0. The van der Waals surface area contributed by atoms with Gasteiger partial charge in [0, 0.05) is 19.5 Å². The van der Waals surface area contributed by atoms with Crippen LogP contribution in [0.4, 0.5) is 0 Å². The standard InChI is InChI=1S/Ca.Mg.2H3O4P.H2O4S.Zn.4H/c;;3*1-5(2,3)4;;;;;/h;;2*(H3,1,2,3,4);(H2,1,2,3,4);;;;;/q2*+2;;;;;4*-1. The second kappa shape index (κ2) is 16.1. The van der Waals surface area contributed by atoms with Gasteiger partial charge in [-0.25, -0.2) is 9.13 Å². The first-order chi connectivity index (χ1) is 6.00. The van der Waals surface area contributed by atoms with Gasteiger partial charge in [-0.15, -0.1) is 0 Å². The molecule has 18 heteroatoms. The van der Waals surface area contributed by atoms with Crippen LogP contribution in [0, 0.1) is 0 Å². The minimum atomic E-state index is -4.67. The summed E-state index contributed by atoms with van der Waals surface area (Å²) in [5, 5.41) is 0. The minimum Gasteiger partial charge on any atom is -1.00 e. The first kappa shape index (κ1) is 37.2. The van der Waals surface area contributed by atoms with Crippen molar-refractivity contribution in [2.24, 2.45) is 0 Å². The van der Waals surface area contributed by atoms with Crippen LogP contribution in [0.2, 0.25) is 0 Å². The number of rotatable bonds is 0. The Morgan fingerprint density at radius 3 is 0.778 bits per heavy atom. The topological polar surface area (TPSA) is 230 Å². The predicted molar refractivity (Wildman–Crippen MR) is 58.7 cm³/mol. The van der Waals surface area contributed by atoms with Crippen molar-refractivity contribution in [1.82, 2.24) is 0 Å². The second-order valence-electron chi connectivity index (χ2n) is 1.47. The predicted octanol–water partition coefficient (Wildman–Crippen LogP) is -2.82. The molecule has 0 aliphatic heterocycles. The maximum absolute atomic E-state index is 8.88. The molecule has 0 saturated carbocycles. The molecule has 0 rings (SSSR count). The molecule has 0 amide bonds. The smallest absolute Gasteiger partial charge is 1.00 e. The van der Waals surface area contributed by atoms with Gasteiger partial charge in [-0.3, -0.25) is 9.11 Å². The maximum atomic E-state index is 8.88. The van der Waals surface area contributed by atoms with E-state index in [0.29, 0.717) is 0 Å². The van der Waals surface area contributed by atoms with Crippen molar-refractivity contribution in [3.63, 3.8) is 0 Å². The van der Waals surface area contributed by atoms with Gasteiger partial charge in [-0.2, -0.15) is 8.42 Å². The van der Waals surface area contributed by atoms with Crippen molar-refractivity contribution >= 4 is 86.8 Å². The van der Waals surface area contributed by atoms with E-state index in [1.54, 1.807) is 0 Å². The van der Waals surface area contributed by atoms with Crippen LogP contribution in [-0.2, 0) is 39.0 Å². The van der Waals surface area contributed by atoms with Gasteiger partial charge >= 0.3 is 86.8 Å². The van der Waals surface area contributed by atoms with E-state index < -0.39 is 26.0 Å². The molecule has 106 valence electrons. The van der Waals surface area contributed by atoms with E-state index in [1.807, 2.05) is 0 Å². The molecule has 12 nitrogen and oxygen atoms in total.